The van der Waals surface area contributed by atoms with Crippen LogP contribution in [-0.2, 0) is 4.79 Å². The van der Waals surface area contributed by atoms with Gasteiger partial charge in [0.05, 0.1) is 6.04 Å². The van der Waals surface area contributed by atoms with Crippen LogP contribution in [0.5, 0.6) is 0 Å². The topological polar surface area (TPSA) is 80.0 Å². The summed E-state index contributed by atoms with van der Waals surface area (Å²) in [5.74, 6) is 1.11. The quantitative estimate of drug-likeness (QED) is 0.822. The van der Waals surface area contributed by atoms with Gasteiger partial charge in [0.1, 0.15) is 0 Å². The average Bonchev–Trinajstić information content (AvgIpc) is 2.84. The molecule has 2 fully saturated rings. The van der Waals surface area contributed by atoms with E-state index in [9.17, 15) is 4.79 Å². The van der Waals surface area contributed by atoms with Crippen molar-refractivity contribution in [3.05, 3.63) is 5.89 Å². The van der Waals surface area contributed by atoms with E-state index in [4.69, 9.17) is 4.42 Å². The largest absolute Gasteiger partial charge is 0.406 e. The molecule has 1 aromatic rings. The standard InChI is InChI=1S/C11H16N4O2/c16-9(6-7-3-4-7)13-11-15-14-10(17-11)8-2-1-5-12-8/h7-8,12H,1-6H2,(H,13,15,16). The molecule has 1 amide bonds. The van der Waals surface area contributed by atoms with Crippen molar-refractivity contribution < 1.29 is 9.21 Å². The third kappa shape index (κ3) is 2.63. The molecule has 1 aliphatic carbocycles. The maximum atomic E-state index is 11.5. The summed E-state index contributed by atoms with van der Waals surface area (Å²) in [5, 5.41) is 13.7. The van der Waals surface area contributed by atoms with E-state index >= 15 is 0 Å². The molecular weight excluding hydrogens is 220 g/mol. The highest BCUT2D eigenvalue weighted by Crippen LogP contribution is 2.32. The van der Waals surface area contributed by atoms with Crippen LogP contribution >= 0.6 is 0 Å². The Morgan fingerprint density at radius 3 is 3.00 bits per heavy atom. The molecule has 0 spiro atoms. The molecule has 92 valence electrons. The van der Waals surface area contributed by atoms with E-state index < -0.39 is 0 Å². The van der Waals surface area contributed by atoms with Gasteiger partial charge in [-0.25, -0.2) is 0 Å². The van der Waals surface area contributed by atoms with E-state index in [1.165, 1.54) is 0 Å². The fourth-order valence-corrected chi connectivity index (χ4v) is 2.08. The number of rotatable bonds is 4. The molecule has 0 aromatic carbocycles. The second-order valence-electron chi connectivity index (χ2n) is 4.79. The zero-order chi connectivity index (χ0) is 11.7. The van der Waals surface area contributed by atoms with Gasteiger partial charge in [-0.05, 0) is 38.1 Å². The number of aromatic nitrogens is 2. The number of nitrogens with zero attached hydrogens (tertiary/aromatic N) is 2. The number of carbonyl (C=O) groups is 1. The highest BCUT2D eigenvalue weighted by molar-refractivity contribution is 5.88. The molecule has 1 saturated carbocycles. The minimum absolute atomic E-state index is 0.0259. The van der Waals surface area contributed by atoms with Crippen molar-refractivity contribution in [2.75, 3.05) is 11.9 Å². The van der Waals surface area contributed by atoms with Crippen molar-refractivity contribution in [1.82, 2.24) is 15.5 Å². The summed E-state index contributed by atoms with van der Waals surface area (Å²) >= 11 is 0. The second kappa shape index (κ2) is 4.44. The van der Waals surface area contributed by atoms with Gasteiger partial charge >= 0.3 is 6.01 Å². The smallest absolute Gasteiger partial charge is 0.322 e. The van der Waals surface area contributed by atoms with Crippen LogP contribution in [0.1, 0.15) is 44.0 Å². The summed E-state index contributed by atoms with van der Waals surface area (Å²) in [6, 6.07) is 0.371. The minimum Gasteiger partial charge on any atom is -0.406 e. The number of anilines is 1. The first-order valence-electron chi connectivity index (χ1n) is 6.18. The first-order valence-corrected chi connectivity index (χ1v) is 6.18. The third-order valence-electron chi connectivity index (χ3n) is 3.22. The first-order chi connectivity index (χ1) is 8.31. The Morgan fingerprint density at radius 1 is 1.41 bits per heavy atom. The fraction of sp³-hybridized carbons (Fsp3) is 0.727. The van der Waals surface area contributed by atoms with Gasteiger partial charge in [-0.2, -0.15) is 0 Å². The average molecular weight is 236 g/mol. The molecule has 2 aliphatic rings. The first kappa shape index (κ1) is 10.7. The zero-order valence-corrected chi connectivity index (χ0v) is 9.61. The van der Waals surface area contributed by atoms with Crippen molar-refractivity contribution in [2.45, 2.75) is 38.1 Å². The lowest BCUT2D eigenvalue weighted by atomic mass is 10.2. The molecule has 17 heavy (non-hydrogen) atoms. The van der Waals surface area contributed by atoms with Gasteiger partial charge in [0.2, 0.25) is 11.8 Å². The van der Waals surface area contributed by atoms with Crippen LogP contribution in [0.3, 0.4) is 0 Å². The normalized spacial score (nSPS) is 23.9. The molecule has 0 bridgehead atoms. The Labute approximate surface area is 99.2 Å². The molecule has 3 rings (SSSR count). The van der Waals surface area contributed by atoms with Gasteiger partial charge in [0.25, 0.3) is 0 Å². The monoisotopic (exact) mass is 236 g/mol. The Hall–Kier alpha value is -1.43. The van der Waals surface area contributed by atoms with E-state index in [0.29, 0.717) is 18.2 Å². The van der Waals surface area contributed by atoms with Crippen molar-refractivity contribution in [2.24, 2.45) is 5.92 Å². The number of carbonyl (C=O) groups excluding carboxylic acids is 1. The van der Waals surface area contributed by atoms with Crippen molar-refractivity contribution in [3.8, 4) is 0 Å². The predicted octanol–water partition coefficient (Wildman–Crippen LogP) is 1.23. The molecule has 6 nitrogen and oxygen atoms in total. The molecule has 1 unspecified atom stereocenters. The third-order valence-corrected chi connectivity index (χ3v) is 3.22. The number of hydrogen-bond donors (Lipinski definition) is 2. The summed E-state index contributed by atoms with van der Waals surface area (Å²) in [6.07, 6.45) is 5.02. The molecule has 2 heterocycles. The number of amides is 1. The van der Waals surface area contributed by atoms with Gasteiger partial charge in [-0.15, -0.1) is 5.10 Å². The van der Waals surface area contributed by atoms with E-state index in [1.54, 1.807) is 0 Å². The maximum Gasteiger partial charge on any atom is 0.322 e. The summed E-state index contributed by atoms with van der Waals surface area (Å²) < 4.78 is 5.42. The Morgan fingerprint density at radius 2 is 2.29 bits per heavy atom. The van der Waals surface area contributed by atoms with Gasteiger partial charge < -0.3 is 9.73 Å². The summed E-state index contributed by atoms with van der Waals surface area (Å²) in [7, 11) is 0. The van der Waals surface area contributed by atoms with Crippen molar-refractivity contribution in [3.63, 3.8) is 0 Å². The molecule has 6 heteroatoms. The summed E-state index contributed by atoms with van der Waals surface area (Å²) in [5.41, 5.74) is 0. The lowest BCUT2D eigenvalue weighted by molar-refractivity contribution is -0.116. The number of hydrogen-bond acceptors (Lipinski definition) is 5. The lowest BCUT2D eigenvalue weighted by Gasteiger charge is -2.02. The zero-order valence-electron chi connectivity index (χ0n) is 9.61. The number of nitrogens with one attached hydrogen (secondary N) is 2. The van der Waals surface area contributed by atoms with Crippen LogP contribution in [0.4, 0.5) is 6.01 Å². The second-order valence-corrected chi connectivity index (χ2v) is 4.79. The Bertz CT molecular complexity index is 407. The van der Waals surface area contributed by atoms with Crippen molar-refractivity contribution in [1.29, 1.82) is 0 Å². The molecule has 1 aliphatic heterocycles. The van der Waals surface area contributed by atoms with E-state index in [0.717, 1.165) is 32.2 Å². The minimum atomic E-state index is -0.0259. The molecule has 0 radical (unpaired) electrons. The van der Waals surface area contributed by atoms with Crippen LogP contribution in [0.25, 0.3) is 0 Å². The van der Waals surface area contributed by atoms with Crippen LogP contribution in [0.15, 0.2) is 4.42 Å². The van der Waals surface area contributed by atoms with Crippen LogP contribution in [0, 0.1) is 5.92 Å². The van der Waals surface area contributed by atoms with Gasteiger partial charge in [0, 0.05) is 6.42 Å². The summed E-state index contributed by atoms with van der Waals surface area (Å²) in [4.78, 5) is 11.5. The molecule has 1 atom stereocenters. The van der Waals surface area contributed by atoms with Gasteiger partial charge in [-0.1, -0.05) is 5.10 Å². The maximum absolute atomic E-state index is 11.5. The highest BCUT2D eigenvalue weighted by atomic mass is 16.4. The van der Waals surface area contributed by atoms with Crippen LogP contribution in [-0.4, -0.2) is 22.6 Å². The molecule has 1 aromatic heterocycles. The Kier molecular flexibility index (Phi) is 2.80. The van der Waals surface area contributed by atoms with E-state index in [2.05, 4.69) is 20.8 Å². The van der Waals surface area contributed by atoms with Crippen LogP contribution in [0.2, 0.25) is 0 Å². The molecular formula is C11H16N4O2. The molecule has 1 saturated heterocycles. The Balaban J connectivity index is 1.57. The van der Waals surface area contributed by atoms with Gasteiger partial charge in [0.15, 0.2) is 0 Å². The SMILES string of the molecule is O=C(CC1CC1)Nc1nnc(C2CCCN2)o1. The van der Waals surface area contributed by atoms with E-state index in [-0.39, 0.29) is 18.0 Å². The van der Waals surface area contributed by atoms with E-state index in [1.807, 2.05) is 0 Å². The highest BCUT2D eigenvalue weighted by Gasteiger charge is 2.26. The lowest BCUT2D eigenvalue weighted by Crippen LogP contribution is -2.13. The molecule has 2 N–H and O–H groups in total. The van der Waals surface area contributed by atoms with Crippen LogP contribution < -0.4 is 10.6 Å². The van der Waals surface area contributed by atoms with Crippen molar-refractivity contribution >= 4 is 11.9 Å². The summed E-state index contributed by atoms with van der Waals surface area (Å²) in [6.45, 7) is 0.983. The predicted molar refractivity (Wildman–Crippen MR) is 60.2 cm³/mol. The van der Waals surface area contributed by atoms with Gasteiger partial charge in [-0.3, -0.25) is 10.1 Å². The fourth-order valence-electron chi connectivity index (χ4n) is 2.08.